The summed E-state index contributed by atoms with van der Waals surface area (Å²) in [4.78, 5) is 10.3. The molecule has 0 aromatic rings. The molecule has 0 radical (unpaired) electrons. The Labute approximate surface area is 65.4 Å². The zero-order valence-electron chi connectivity index (χ0n) is 6.64. The molecule has 1 saturated carbocycles. The van der Waals surface area contributed by atoms with Crippen LogP contribution in [-0.2, 0) is 4.79 Å². The van der Waals surface area contributed by atoms with Crippen molar-refractivity contribution < 1.29 is 14.3 Å². The molecule has 3 heteroatoms. The number of halogens is 1. The Balaban J connectivity index is 2.51. The molecule has 0 amide bonds. The van der Waals surface area contributed by atoms with E-state index in [0.717, 1.165) is 12.8 Å². The second kappa shape index (κ2) is 2.80. The minimum atomic E-state index is -1.24. The predicted molar refractivity (Wildman–Crippen MR) is 39.1 cm³/mol. The van der Waals surface area contributed by atoms with Crippen LogP contribution >= 0.6 is 0 Å². The van der Waals surface area contributed by atoms with Crippen LogP contribution in [0, 0.1) is 5.92 Å². The molecule has 1 N–H and O–H groups in total. The van der Waals surface area contributed by atoms with Gasteiger partial charge >= 0.3 is 5.97 Å². The molecule has 2 atom stereocenters. The number of alkyl halides is 1. The standard InChI is InChI=1S/C8H13FO2/c1-8(9)4-2-3-6(8)5-7(10)11/h6H,2-5H2,1H3,(H,10,11). The van der Waals surface area contributed by atoms with Crippen LogP contribution < -0.4 is 0 Å². The number of hydrogen-bond acceptors (Lipinski definition) is 1. The van der Waals surface area contributed by atoms with Crippen LogP contribution in [0.15, 0.2) is 0 Å². The Morgan fingerprint density at radius 1 is 1.82 bits per heavy atom. The molecular formula is C8H13FO2. The molecule has 1 fully saturated rings. The molecule has 2 nitrogen and oxygen atoms in total. The highest BCUT2D eigenvalue weighted by Gasteiger charge is 2.39. The van der Waals surface area contributed by atoms with Gasteiger partial charge in [0.05, 0.1) is 6.42 Å². The minimum Gasteiger partial charge on any atom is -0.481 e. The van der Waals surface area contributed by atoms with Gasteiger partial charge in [0, 0.05) is 5.92 Å². The maximum atomic E-state index is 13.4. The van der Waals surface area contributed by atoms with Gasteiger partial charge in [0.15, 0.2) is 0 Å². The van der Waals surface area contributed by atoms with Gasteiger partial charge in [-0.25, -0.2) is 4.39 Å². The van der Waals surface area contributed by atoms with Crippen LogP contribution in [0.4, 0.5) is 4.39 Å². The van der Waals surface area contributed by atoms with Crippen LogP contribution in [0.2, 0.25) is 0 Å². The summed E-state index contributed by atoms with van der Waals surface area (Å²) in [6, 6.07) is 0. The summed E-state index contributed by atoms with van der Waals surface area (Å²) in [5.41, 5.74) is -1.24. The van der Waals surface area contributed by atoms with E-state index >= 15 is 0 Å². The van der Waals surface area contributed by atoms with Crippen molar-refractivity contribution in [1.82, 2.24) is 0 Å². The number of carbonyl (C=O) groups is 1. The minimum absolute atomic E-state index is 0.0208. The molecular weight excluding hydrogens is 147 g/mol. The largest absolute Gasteiger partial charge is 0.481 e. The molecule has 0 bridgehead atoms. The van der Waals surface area contributed by atoms with E-state index in [4.69, 9.17) is 5.11 Å². The maximum Gasteiger partial charge on any atom is 0.303 e. The van der Waals surface area contributed by atoms with Crippen LogP contribution in [0.3, 0.4) is 0 Å². The number of carboxylic acids is 1. The van der Waals surface area contributed by atoms with E-state index in [1.54, 1.807) is 0 Å². The summed E-state index contributed by atoms with van der Waals surface area (Å²) in [5.74, 6) is -1.15. The predicted octanol–water partition coefficient (Wildman–Crippen LogP) is 1.99. The normalized spacial score (nSPS) is 37.5. The number of carboxylic acid groups (broad SMARTS) is 1. The Hall–Kier alpha value is -0.600. The first-order valence-corrected chi connectivity index (χ1v) is 3.93. The molecule has 0 aromatic carbocycles. The zero-order chi connectivity index (χ0) is 8.48. The first kappa shape index (κ1) is 8.50. The molecule has 11 heavy (non-hydrogen) atoms. The van der Waals surface area contributed by atoms with E-state index in [2.05, 4.69) is 0 Å². The molecule has 0 aliphatic heterocycles. The lowest BCUT2D eigenvalue weighted by atomic mass is 9.92. The van der Waals surface area contributed by atoms with Crippen LogP contribution in [0.5, 0.6) is 0 Å². The van der Waals surface area contributed by atoms with Crippen molar-refractivity contribution in [2.45, 2.75) is 38.3 Å². The van der Waals surface area contributed by atoms with E-state index in [1.807, 2.05) is 0 Å². The molecule has 1 rings (SSSR count). The van der Waals surface area contributed by atoms with Crippen molar-refractivity contribution in [2.24, 2.45) is 5.92 Å². The first-order valence-electron chi connectivity index (χ1n) is 3.93. The van der Waals surface area contributed by atoms with Crippen molar-refractivity contribution in [1.29, 1.82) is 0 Å². The smallest absolute Gasteiger partial charge is 0.303 e. The monoisotopic (exact) mass is 160 g/mol. The summed E-state index contributed by atoms with van der Waals surface area (Å²) in [7, 11) is 0. The summed E-state index contributed by atoms with van der Waals surface area (Å²) >= 11 is 0. The lowest BCUT2D eigenvalue weighted by molar-refractivity contribution is -0.139. The third-order valence-corrected chi connectivity index (χ3v) is 2.49. The third-order valence-electron chi connectivity index (χ3n) is 2.49. The van der Waals surface area contributed by atoms with E-state index in [0.29, 0.717) is 6.42 Å². The fraction of sp³-hybridized carbons (Fsp3) is 0.875. The topological polar surface area (TPSA) is 37.3 Å². The van der Waals surface area contributed by atoms with Crippen molar-refractivity contribution in [2.75, 3.05) is 0 Å². The summed E-state index contributed by atoms with van der Waals surface area (Å²) < 4.78 is 13.4. The lowest BCUT2D eigenvalue weighted by Crippen LogP contribution is -2.25. The third kappa shape index (κ3) is 1.91. The molecule has 0 spiro atoms. The number of rotatable bonds is 2. The van der Waals surface area contributed by atoms with Gasteiger partial charge in [0.2, 0.25) is 0 Å². The zero-order valence-corrected chi connectivity index (χ0v) is 6.64. The SMILES string of the molecule is CC1(F)CCCC1CC(=O)O. The van der Waals surface area contributed by atoms with Gasteiger partial charge in [-0.1, -0.05) is 0 Å². The second-order valence-corrected chi connectivity index (χ2v) is 3.47. The highest BCUT2D eigenvalue weighted by molar-refractivity contribution is 5.67. The van der Waals surface area contributed by atoms with Gasteiger partial charge in [-0.05, 0) is 26.2 Å². The fourth-order valence-electron chi connectivity index (χ4n) is 1.72. The van der Waals surface area contributed by atoms with Crippen LogP contribution in [0.25, 0.3) is 0 Å². The van der Waals surface area contributed by atoms with Crippen molar-refractivity contribution in [3.05, 3.63) is 0 Å². The molecule has 1 aliphatic rings. The maximum absolute atomic E-state index is 13.4. The van der Waals surface area contributed by atoms with Crippen LogP contribution in [0.1, 0.15) is 32.6 Å². The van der Waals surface area contributed by atoms with E-state index in [1.165, 1.54) is 6.92 Å². The summed E-state index contributed by atoms with van der Waals surface area (Å²) in [5, 5.41) is 8.44. The van der Waals surface area contributed by atoms with E-state index in [-0.39, 0.29) is 12.3 Å². The Bertz CT molecular complexity index is 165. The van der Waals surface area contributed by atoms with Crippen molar-refractivity contribution in [3.63, 3.8) is 0 Å². The van der Waals surface area contributed by atoms with Crippen molar-refractivity contribution >= 4 is 5.97 Å². The number of aliphatic carboxylic acids is 1. The van der Waals surface area contributed by atoms with Gasteiger partial charge in [-0.2, -0.15) is 0 Å². The van der Waals surface area contributed by atoms with E-state index in [9.17, 15) is 9.18 Å². The quantitative estimate of drug-likeness (QED) is 0.670. The molecule has 0 aromatic heterocycles. The average molecular weight is 160 g/mol. The van der Waals surface area contributed by atoms with Gasteiger partial charge in [-0.3, -0.25) is 4.79 Å². The first-order chi connectivity index (χ1) is 5.02. The number of hydrogen-bond donors (Lipinski definition) is 1. The highest BCUT2D eigenvalue weighted by atomic mass is 19.1. The molecule has 2 unspecified atom stereocenters. The highest BCUT2D eigenvalue weighted by Crippen LogP contribution is 2.40. The Morgan fingerprint density at radius 2 is 2.45 bits per heavy atom. The molecule has 64 valence electrons. The summed E-state index contributed by atoms with van der Waals surface area (Å²) in [6.45, 7) is 1.51. The van der Waals surface area contributed by atoms with E-state index < -0.39 is 11.6 Å². The van der Waals surface area contributed by atoms with Crippen molar-refractivity contribution in [3.8, 4) is 0 Å². The second-order valence-electron chi connectivity index (χ2n) is 3.47. The fourth-order valence-corrected chi connectivity index (χ4v) is 1.72. The molecule has 0 heterocycles. The van der Waals surface area contributed by atoms with Gasteiger partial charge in [0.25, 0.3) is 0 Å². The van der Waals surface area contributed by atoms with Gasteiger partial charge in [-0.15, -0.1) is 0 Å². The van der Waals surface area contributed by atoms with Crippen LogP contribution in [-0.4, -0.2) is 16.7 Å². The Kier molecular flexibility index (Phi) is 2.16. The average Bonchev–Trinajstić information content (AvgIpc) is 2.10. The lowest BCUT2D eigenvalue weighted by Gasteiger charge is -2.20. The Morgan fingerprint density at radius 3 is 2.82 bits per heavy atom. The van der Waals surface area contributed by atoms with Gasteiger partial charge in [0.1, 0.15) is 5.67 Å². The molecule has 1 aliphatic carbocycles. The molecule has 0 saturated heterocycles. The van der Waals surface area contributed by atoms with Gasteiger partial charge < -0.3 is 5.11 Å². The summed E-state index contributed by atoms with van der Waals surface area (Å²) in [6.07, 6.45) is 2.04.